The lowest BCUT2D eigenvalue weighted by Gasteiger charge is -2.08. The van der Waals surface area contributed by atoms with Crippen LogP contribution in [0.3, 0.4) is 0 Å². The fraction of sp³-hybridized carbons (Fsp3) is 0.733. The maximum absolute atomic E-state index is 11.1. The van der Waals surface area contributed by atoms with Gasteiger partial charge in [0.25, 0.3) is 0 Å². The molecular weight excluding hydrogens is 381 g/mol. The van der Waals surface area contributed by atoms with Crippen molar-refractivity contribution in [3.8, 4) is 12.3 Å². The molecule has 0 aliphatic rings. The zero-order valence-corrected chi connectivity index (χ0v) is 15.4. The van der Waals surface area contributed by atoms with E-state index in [2.05, 4.69) is 21.5 Å². The summed E-state index contributed by atoms with van der Waals surface area (Å²) in [5.41, 5.74) is 0. The summed E-state index contributed by atoms with van der Waals surface area (Å²) in [7, 11) is 0. The summed E-state index contributed by atoms with van der Waals surface area (Å²) >= 11 is 0. The first-order valence-electron chi connectivity index (χ1n) is 7.35. The molecule has 0 bridgehead atoms. The number of nitrogens with zero attached hydrogens (tertiary/aromatic N) is 1. The standard InChI is InChI=1S/C15H27N3O2.HI/c1-4-12-17-15(16-5-2)18-13-10-8-7-9-11-14(19)20-6-3;/h1H,5-13H2,2-3H3,(H2,16,17,18);1H. The summed E-state index contributed by atoms with van der Waals surface area (Å²) in [6.07, 6.45) is 9.71. The van der Waals surface area contributed by atoms with E-state index in [0.29, 0.717) is 19.6 Å². The van der Waals surface area contributed by atoms with E-state index in [1.54, 1.807) is 0 Å². The number of hydrogen-bond acceptors (Lipinski definition) is 3. The van der Waals surface area contributed by atoms with Gasteiger partial charge in [-0.3, -0.25) is 9.79 Å². The van der Waals surface area contributed by atoms with E-state index in [4.69, 9.17) is 11.2 Å². The van der Waals surface area contributed by atoms with Crippen LogP contribution in [0.25, 0.3) is 0 Å². The lowest BCUT2D eigenvalue weighted by atomic mass is 10.1. The Morgan fingerprint density at radius 3 is 2.52 bits per heavy atom. The van der Waals surface area contributed by atoms with Crippen LogP contribution in [0.2, 0.25) is 0 Å². The lowest BCUT2D eigenvalue weighted by Crippen LogP contribution is -2.37. The summed E-state index contributed by atoms with van der Waals surface area (Å²) in [5, 5.41) is 6.17. The van der Waals surface area contributed by atoms with Crippen molar-refractivity contribution in [2.24, 2.45) is 4.99 Å². The lowest BCUT2D eigenvalue weighted by molar-refractivity contribution is -0.143. The number of nitrogens with one attached hydrogen (secondary N) is 2. The molecule has 0 fully saturated rings. The molecule has 0 aromatic heterocycles. The number of carbonyl (C=O) groups is 1. The fourth-order valence-electron chi connectivity index (χ4n) is 1.64. The van der Waals surface area contributed by atoms with Crippen molar-refractivity contribution >= 4 is 35.9 Å². The second-order valence-corrected chi connectivity index (χ2v) is 4.29. The van der Waals surface area contributed by atoms with Crippen LogP contribution in [-0.4, -0.2) is 38.2 Å². The minimum atomic E-state index is -0.0987. The first-order chi connectivity index (χ1) is 9.74. The third-order valence-corrected chi connectivity index (χ3v) is 2.57. The molecule has 0 radical (unpaired) electrons. The number of carbonyl (C=O) groups excluding carboxylic acids is 1. The van der Waals surface area contributed by atoms with E-state index in [1.165, 1.54) is 0 Å². The Labute approximate surface area is 145 Å². The molecule has 2 N–H and O–H groups in total. The number of unbranched alkanes of at least 4 members (excludes halogenated alkanes) is 3. The molecule has 0 aliphatic heterocycles. The van der Waals surface area contributed by atoms with Crippen molar-refractivity contribution in [3.05, 3.63) is 0 Å². The molecule has 6 heteroatoms. The highest BCUT2D eigenvalue weighted by molar-refractivity contribution is 14.0. The third kappa shape index (κ3) is 15.2. The maximum Gasteiger partial charge on any atom is 0.305 e. The second kappa shape index (κ2) is 17.1. The van der Waals surface area contributed by atoms with Gasteiger partial charge in [-0.1, -0.05) is 18.8 Å². The van der Waals surface area contributed by atoms with Crippen LogP contribution in [0.15, 0.2) is 4.99 Å². The van der Waals surface area contributed by atoms with Crippen LogP contribution >= 0.6 is 24.0 Å². The van der Waals surface area contributed by atoms with Gasteiger partial charge in [-0.15, -0.1) is 30.4 Å². The molecule has 0 spiro atoms. The van der Waals surface area contributed by atoms with E-state index in [0.717, 1.165) is 44.7 Å². The Bertz CT molecular complexity index is 327. The largest absolute Gasteiger partial charge is 0.466 e. The van der Waals surface area contributed by atoms with Gasteiger partial charge in [-0.25, -0.2) is 0 Å². The minimum absolute atomic E-state index is 0. The van der Waals surface area contributed by atoms with Crippen LogP contribution in [0, 0.1) is 12.3 Å². The minimum Gasteiger partial charge on any atom is -0.466 e. The van der Waals surface area contributed by atoms with Crippen LogP contribution in [0.1, 0.15) is 46.0 Å². The molecule has 0 amide bonds. The smallest absolute Gasteiger partial charge is 0.305 e. The predicted molar refractivity (Wildman–Crippen MR) is 97.9 cm³/mol. The SMILES string of the molecule is C#CCNC(=NCCCCCCC(=O)OCC)NCC.I. The highest BCUT2D eigenvalue weighted by Gasteiger charge is 2.00. The number of terminal acetylenes is 1. The Morgan fingerprint density at radius 1 is 1.19 bits per heavy atom. The summed E-state index contributed by atoms with van der Waals surface area (Å²) in [6, 6.07) is 0. The Morgan fingerprint density at radius 2 is 1.90 bits per heavy atom. The Hall–Kier alpha value is -0.970. The topological polar surface area (TPSA) is 62.7 Å². The summed E-state index contributed by atoms with van der Waals surface area (Å²) < 4.78 is 4.87. The summed E-state index contributed by atoms with van der Waals surface area (Å²) in [5.74, 6) is 3.18. The first kappa shape index (κ1) is 22.3. The van der Waals surface area contributed by atoms with Crippen molar-refractivity contribution in [1.29, 1.82) is 0 Å². The number of hydrogen-bond donors (Lipinski definition) is 2. The predicted octanol–water partition coefficient (Wildman–Crippen LogP) is 2.31. The number of rotatable bonds is 10. The van der Waals surface area contributed by atoms with E-state index >= 15 is 0 Å². The van der Waals surface area contributed by atoms with Crippen LogP contribution < -0.4 is 10.6 Å². The van der Waals surface area contributed by atoms with Gasteiger partial charge >= 0.3 is 5.97 Å². The molecule has 0 atom stereocenters. The van der Waals surface area contributed by atoms with Gasteiger partial charge in [0.2, 0.25) is 0 Å². The second-order valence-electron chi connectivity index (χ2n) is 4.29. The zero-order chi connectivity index (χ0) is 15.1. The monoisotopic (exact) mass is 409 g/mol. The first-order valence-corrected chi connectivity index (χ1v) is 7.35. The molecule has 21 heavy (non-hydrogen) atoms. The summed E-state index contributed by atoms with van der Waals surface area (Å²) in [6.45, 7) is 6.36. The van der Waals surface area contributed by atoms with Gasteiger partial charge in [0.15, 0.2) is 5.96 Å². The molecule has 0 aromatic rings. The van der Waals surface area contributed by atoms with E-state index < -0.39 is 0 Å². The number of halogens is 1. The van der Waals surface area contributed by atoms with Crippen molar-refractivity contribution in [1.82, 2.24) is 10.6 Å². The van der Waals surface area contributed by atoms with Crippen LogP contribution in [0.4, 0.5) is 0 Å². The molecule has 0 saturated carbocycles. The number of guanidine groups is 1. The molecule has 0 unspecified atom stereocenters. The Balaban J connectivity index is 0. The van der Waals surface area contributed by atoms with Crippen LogP contribution in [-0.2, 0) is 9.53 Å². The van der Waals surface area contributed by atoms with Gasteiger partial charge in [0.05, 0.1) is 13.2 Å². The molecular formula is C15H28IN3O2. The van der Waals surface area contributed by atoms with Gasteiger partial charge in [-0.05, 0) is 26.7 Å². The van der Waals surface area contributed by atoms with E-state index in [9.17, 15) is 4.79 Å². The van der Waals surface area contributed by atoms with Crippen molar-refractivity contribution in [2.75, 3.05) is 26.2 Å². The molecule has 122 valence electrons. The normalized spacial score (nSPS) is 10.2. The van der Waals surface area contributed by atoms with Gasteiger partial charge in [0, 0.05) is 19.5 Å². The number of aliphatic imine (C=N–C) groups is 1. The van der Waals surface area contributed by atoms with Gasteiger partial charge in [0.1, 0.15) is 0 Å². The third-order valence-electron chi connectivity index (χ3n) is 2.57. The molecule has 0 aliphatic carbocycles. The molecule has 0 aromatic carbocycles. The molecule has 5 nitrogen and oxygen atoms in total. The van der Waals surface area contributed by atoms with E-state index in [-0.39, 0.29) is 29.9 Å². The Kier molecular flexibility index (Phi) is 18.2. The van der Waals surface area contributed by atoms with Crippen molar-refractivity contribution < 1.29 is 9.53 Å². The van der Waals surface area contributed by atoms with Crippen LogP contribution in [0.5, 0.6) is 0 Å². The summed E-state index contributed by atoms with van der Waals surface area (Å²) in [4.78, 5) is 15.5. The molecule has 0 saturated heterocycles. The molecule has 0 heterocycles. The quantitative estimate of drug-likeness (QED) is 0.145. The van der Waals surface area contributed by atoms with Gasteiger partial charge in [-0.2, -0.15) is 0 Å². The number of esters is 1. The van der Waals surface area contributed by atoms with Crippen molar-refractivity contribution in [2.45, 2.75) is 46.0 Å². The maximum atomic E-state index is 11.1. The van der Waals surface area contributed by atoms with E-state index in [1.807, 2.05) is 13.8 Å². The van der Waals surface area contributed by atoms with Crippen molar-refractivity contribution in [3.63, 3.8) is 0 Å². The zero-order valence-electron chi connectivity index (χ0n) is 13.1. The fourth-order valence-corrected chi connectivity index (χ4v) is 1.64. The number of ether oxygens (including phenoxy) is 1. The molecule has 0 rings (SSSR count). The average molecular weight is 409 g/mol. The average Bonchev–Trinajstić information content (AvgIpc) is 2.43. The highest BCUT2D eigenvalue weighted by atomic mass is 127. The highest BCUT2D eigenvalue weighted by Crippen LogP contribution is 2.04. The van der Waals surface area contributed by atoms with Gasteiger partial charge < -0.3 is 15.4 Å².